The van der Waals surface area contributed by atoms with E-state index in [0.29, 0.717) is 0 Å². The van der Waals surface area contributed by atoms with Crippen molar-refractivity contribution in [2.75, 3.05) is 5.75 Å². The molecule has 0 fully saturated rings. The Morgan fingerprint density at radius 2 is 1.89 bits per heavy atom. The lowest BCUT2D eigenvalue weighted by molar-refractivity contribution is -0.129. The van der Waals surface area contributed by atoms with Crippen molar-refractivity contribution in [1.82, 2.24) is 0 Å². The quantitative estimate of drug-likeness (QED) is 0.533. The Kier molecular flexibility index (Phi) is 6.29. The maximum absolute atomic E-state index is 12.0. The van der Waals surface area contributed by atoms with Crippen LogP contribution in [0.15, 0.2) is 24.3 Å². The summed E-state index contributed by atoms with van der Waals surface area (Å²) in [6.07, 6.45) is -5.01. The average Bonchev–Trinajstić information content (AvgIpc) is 2.34. The Balaban J connectivity index is 2.58. The van der Waals surface area contributed by atoms with Crippen molar-refractivity contribution >= 4 is 34.4 Å². The predicted octanol–water partition coefficient (Wildman–Crippen LogP) is 4.87. The first-order chi connectivity index (χ1) is 8.46. The molecule has 0 heterocycles. The van der Waals surface area contributed by atoms with Gasteiger partial charge in [0.2, 0.25) is 0 Å². The first-order valence-electron chi connectivity index (χ1n) is 5.19. The van der Waals surface area contributed by atoms with Crippen LogP contribution in [0.5, 0.6) is 0 Å². The lowest BCUT2D eigenvalue weighted by Gasteiger charge is -2.11. The summed E-state index contributed by atoms with van der Waals surface area (Å²) < 4.78 is 36.9. The van der Waals surface area contributed by atoms with Gasteiger partial charge in [-0.05, 0) is 11.1 Å². The summed E-state index contributed by atoms with van der Waals surface area (Å²) in [5.41, 5.74) is 1.90. The Hall–Kier alpha value is -0.420. The van der Waals surface area contributed by atoms with E-state index in [0.717, 1.165) is 27.3 Å². The normalized spacial score (nSPS) is 13.1. The Morgan fingerprint density at radius 1 is 1.28 bits per heavy atom. The molecule has 0 saturated heterocycles. The summed E-state index contributed by atoms with van der Waals surface area (Å²) in [6.45, 7) is 0. The van der Waals surface area contributed by atoms with Crippen molar-refractivity contribution in [3.05, 3.63) is 35.4 Å². The lowest BCUT2D eigenvalue weighted by atomic mass is 10.1. The van der Waals surface area contributed by atoms with Crippen molar-refractivity contribution in [3.8, 4) is 6.07 Å². The van der Waals surface area contributed by atoms with Gasteiger partial charge in [-0.2, -0.15) is 18.4 Å². The summed E-state index contributed by atoms with van der Waals surface area (Å²) in [5.74, 6) is -0.0875. The van der Waals surface area contributed by atoms with Crippen LogP contribution in [-0.2, 0) is 4.43 Å². The van der Waals surface area contributed by atoms with E-state index in [1.54, 1.807) is 0 Å². The van der Waals surface area contributed by atoms with Crippen LogP contribution < -0.4 is 0 Å². The highest BCUT2D eigenvalue weighted by Gasteiger charge is 2.27. The molecule has 0 aromatic heterocycles. The molecule has 98 valence electrons. The molecule has 1 aromatic rings. The van der Waals surface area contributed by atoms with Gasteiger partial charge in [-0.3, -0.25) is 0 Å². The Morgan fingerprint density at radius 3 is 2.33 bits per heavy atom. The molecule has 1 atom stereocenters. The SMILES string of the molecule is N#CC(SCCC(F)(F)F)c1ccc(CI)cc1. The second-order valence-corrected chi connectivity index (χ2v) is 5.60. The van der Waals surface area contributed by atoms with Crippen LogP contribution in [0.3, 0.4) is 0 Å². The van der Waals surface area contributed by atoms with Crippen LogP contribution in [0, 0.1) is 11.3 Å². The minimum absolute atomic E-state index is 0.0875. The fourth-order valence-corrected chi connectivity index (χ4v) is 2.80. The number of thioether (sulfide) groups is 1. The van der Waals surface area contributed by atoms with E-state index in [1.807, 2.05) is 30.3 Å². The summed E-state index contributed by atoms with van der Waals surface area (Å²) in [6, 6.07) is 9.45. The first kappa shape index (κ1) is 15.6. The third kappa shape index (κ3) is 5.48. The topological polar surface area (TPSA) is 23.8 Å². The molecule has 0 aliphatic rings. The van der Waals surface area contributed by atoms with Gasteiger partial charge in [0.25, 0.3) is 0 Å². The molecule has 0 aliphatic carbocycles. The van der Waals surface area contributed by atoms with E-state index in [9.17, 15) is 13.2 Å². The van der Waals surface area contributed by atoms with E-state index in [-0.39, 0.29) is 5.75 Å². The predicted molar refractivity (Wildman–Crippen MR) is 75.7 cm³/mol. The van der Waals surface area contributed by atoms with Gasteiger partial charge in [-0.1, -0.05) is 46.9 Å². The molecular weight excluding hydrogens is 374 g/mol. The van der Waals surface area contributed by atoms with Crippen LogP contribution in [-0.4, -0.2) is 11.9 Å². The Bertz CT molecular complexity index is 411. The molecule has 1 aromatic carbocycles. The molecular formula is C12H11F3INS. The molecule has 0 N–H and O–H groups in total. The second-order valence-electron chi connectivity index (χ2n) is 3.62. The van der Waals surface area contributed by atoms with Crippen LogP contribution in [0.25, 0.3) is 0 Å². The van der Waals surface area contributed by atoms with Gasteiger partial charge in [0.15, 0.2) is 0 Å². The highest BCUT2D eigenvalue weighted by molar-refractivity contribution is 14.1. The summed E-state index contributed by atoms with van der Waals surface area (Å²) in [4.78, 5) is 0. The van der Waals surface area contributed by atoms with Crippen LogP contribution >= 0.6 is 34.4 Å². The molecule has 1 unspecified atom stereocenters. The van der Waals surface area contributed by atoms with Crippen molar-refractivity contribution in [3.63, 3.8) is 0 Å². The van der Waals surface area contributed by atoms with Crippen LogP contribution in [0.2, 0.25) is 0 Å². The van der Waals surface area contributed by atoms with Gasteiger partial charge in [0, 0.05) is 10.2 Å². The fourth-order valence-electron chi connectivity index (χ4n) is 1.28. The van der Waals surface area contributed by atoms with Gasteiger partial charge in [0.05, 0.1) is 12.5 Å². The molecule has 1 rings (SSSR count). The summed E-state index contributed by atoms with van der Waals surface area (Å²) in [7, 11) is 0. The average molecular weight is 385 g/mol. The van der Waals surface area contributed by atoms with Crippen molar-refractivity contribution in [2.45, 2.75) is 22.3 Å². The van der Waals surface area contributed by atoms with Crippen molar-refractivity contribution in [1.29, 1.82) is 5.26 Å². The lowest BCUT2D eigenvalue weighted by Crippen LogP contribution is -2.08. The number of nitriles is 1. The van der Waals surface area contributed by atoms with E-state index in [1.165, 1.54) is 0 Å². The largest absolute Gasteiger partial charge is 0.389 e. The fraction of sp³-hybridized carbons (Fsp3) is 0.417. The molecule has 6 heteroatoms. The van der Waals surface area contributed by atoms with Crippen molar-refractivity contribution < 1.29 is 13.2 Å². The number of hydrogen-bond acceptors (Lipinski definition) is 2. The highest BCUT2D eigenvalue weighted by atomic mass is 127. The van der Waals surface area contributed by atoms with Crippen LogP contribution in [0.1, 0.15) is 22.8 Å². The van der Waals surface area contributed by atoms with Gasteiger partial charge >= 0.3 is 6.18 Å². The number of benzene rings is 1. The van der Waals surface area contributed by atoms with Crippen molar-refractivity contribution in [2.24, 2.45) is 0 Å². The number of nitrogens with zero attached hydrogens (tertiary/aromatic N) is 1. The molecule has 18 heavy (non-hydrogen) atoms. The smallest absolute Gasteiger partial charge is 0.197 e. The van der Waals surface area contributed by atoms with Gasteiger partial charge in [-0.25, -0.2) is 0 Å². The minimum atomic E-state index is -4.15. The molecule has 0 saturated carbocycles. The molecule has 0 aliphatic heterocycles. The highest BCUT2D eigenvalue weighted by Crippen LogP contribution is 2.31. The van der Waals surface area contributed by atoms with E-state index < -0.39 is 17.8 Å². The third-order valence-corrected chi connectivity index (χ3v) is 4.26. The number of halogens is 4. The van der Waals surface area contributed by atoms with E-state index in [4.69, 9.17) is 5.26 Å². The zero-order valence-corrected chi connectivity index (χ0v) is 12.3. The number of alkyl halides is 4. The Labute approximate surface area is 122 Å². The zero-order valence-electron chi connectivity index (χ0n) is 9.38. The summed E-state index contributed by atoms with van der Waals surface area (Å²) in [5, 5.41) is 8.45. The zero-order chi connectivity index (χ0) is 13.6. The standard InChI is InChI=1S/C12H11F3INS/c13-12(14,15)5-6-18-11(8-17)10-3-1-9(7-16)2-4-10/h1-4,11H,5-7H2. The van der Waals surface area contributed by atoms with Crippen LogP contribution in [0.4, 0.5) is 13.2 Å². The molecule has 0 radical (unpaired) electrons. The maximum atomic E-state index is 12.0. The van der Waals surface area contributed by atoms with Gasteiger partial charge in [0.1, 0.15) is 5.25 Å². The van der Waals surface area contributed by atoms with E-state index in [2.05, 4.69) is 22.6 Å². The third-order valence-electron chi connectivity index (χ3n) is 2.22. The van der Waals surface area contributed by atoms with Gasteiger partial charge in [-0.15, -0.1) is 11.8 Å². The van der Waals surface area contributed by atoms with Gasteiger partial charge < -0.3 is 0 Å². The van der Waals surface area contributed by atoms with E-state index >= 15 is 0 Å². The number of rotatable bonds is 5. The minimum Gasteiger partial charge on any atom is -0.197 e. The monoisotopic (exact) mass is 385 g/mol. The molecule has 0 amide bonds. The molecule has 1 nitrogen and oxygen atoms in total. The molecule has 0 bridgehead atoms. The maximum Gasteiger partial charge on any atom is 0.389 e. The molecule has 0 spiro atoms. The summed E-state index contributed by atoms with van der Waals surface area (Å²) >= 11 is 3.26. The first-order valence-corrected chi connectivity index (χ1v) is 7.76. The number of hydrogen-bond donors (Lipinski definition) is 0. The second kappa shape index (κ2) is 7.24.